The van der Waals surface area contributed by atoms with Gasteiger partial charge in [0, 0.05) is 31.2 Å². The second-order valence-corrected chi connectivity index (χ2v) is 7.34. The highest BCUT2D eigenvalue weighted by Crippen LogP contribution is 2.39. The molecule has 2 heterocycles. The molecule has 3 nitrogen and oxygen atoms in total. The zero-order valence-electron chi connectivity index (χ0n) is 12.5. The smallest absolute Gasteiger partial charge is 0.0499 e. The molecule has 2 atom stereocenters. The quantitative estimate of drug-likeness (QED) is 0.846. The molecule has 0 aromatic heterocycles. The number of aliphatic hydroxyl groups excluding tert-OH is 1. The molecule has 2 saturated heterocycles. The summed E-state index contributed by atoms with van der Waals surface area (Å²) in [6.07, 6.45) is 9.26. The van der Waals surface area contributed by atoms with E-state index in [4.69, 9.17) is 0 Å². The Morgan fingerprint density at radius 1 is 1.11 bits per heavy atom. The van der Waals surface area contributed by atoms with Gasteiger partial charge in [-0.3, -0.25) is 0 Å². The number of nitrogens with zero attached hydrogens (tertiary/aromatic N) is 2. The van der Waals surface area contributed by atoms with Crippen molar-refractivity contribution in [2.45, 2.75) is 51.0 Å². The monoisotopic (exact) mass is 266 g/mol. The van der Waals surface area contributed by atoms with E-state index in [1.54, 1.807) is 0 Å². The molecule has 0 aromatic carbocycles. The number of piperidine rings is 2. The molecule has 1 saturated carbocycles. The van der Waals surface area contributed by atoms with Crippen LogP contribution in [0.2, 0.25) is 0 Å². The summed E-state index contributed by atoms with van der Waals surface area (Å²) in [4.78, 5) is 5.25. The second-order valence-electron chi connectivity index (χ2n) is 7.34. The maximum Gasteiger partial charge on any atom is 0.0499 e. The van der Waals surface area contributed by atoms with E-state index >= 15 is 0 Å². The summed E-state index contributed by atoms with van der Waals surface area (Å²) >= 11 is 0. The number of fused-ring (bicyclic) bond motifs is 1. The first-order valence-corrected chi connectivity index (χ1v) is 8.26. The Hall–Kier alpha value is -0.120. The molecular weight excluding hydrogens is 236 g/mol. The van der Waals surface area contributed by atoms with Crippen molar-refractivity contribution in [2.75, 3.05) is 39.8 Å². The van der Waals surface area contributed by atoms with Crippen LogP contribution in [0, 0.1) is 11.3 Å². The Labute approximate surface area is 118 Å². The molecule has 2 aliphatic heterocycles. The van der Waals surface area contributed by atoms with Crippen molar-refractivity contribution < 1.29 is 5.11 Å². The SMILES string of the molecule is CN1CCCC2CN(CC3(CO)CCCC3)CCC21. The van der Waals surface area contributed by atoms with Gasteiger partial charge in [-0.05, 0) is 58.2 Å². The molecule has 0 bridgehead atoms. The molecule has 0 radical (unpaired) electrons. The molecule has 1 aliphatic carbocycles. The molecule has 3 fully saturated rings. The highest BCUT2D eigenvalue weighted by atomic mass is 16.3. The van der Waals surface area contributed by atoms with E-state index in [1.165, 1.54) is 64.6 Å². The van der Waals surface area contributed by atoms with Gasteiger partial charge in [0.05, 0.1) is 0 Å². The normalized spacial score (nSPS) is 36.3. The number of likely N-dealkylation sites (tertiary alicyclic amines) is 2. The maximum absolute atomic E-state index is 9.79. The molecule has 0 spiro atoms. The predicted molar refractivity (Wildman–Crippen MR) is 78.2 cm³/mol. The van der Waals surface area contributed by atoms with Crippen molar-refractivity contribution in [3.05, 3.63) is 0 Å². The van der Waals surface area contributed by atoms with Crippen molar-refractivity contribution >= 4 is 0 Å². The van der Waals surface area contributed by atoms with Crippen molar-refractivity contribution in [1.82, 2.24) is 9.80 Å². The van der Waals surface area contributed by atoms with Crippen LogP contribution in [0.5, 0.6) is 0 Å². The van der Waals surface area contributed by atoms with Crippen LogP contribution in [0.15, 0.2) is 0 Å². The van der Waals surface area contributed by atoms with Crippen LogP contribution in [-0.2, 0) is 0 Å². The Morgan fingerprint density at radius 2 is 1.89 bits per heavy atom. The summed E-state index contributed by atoms with van der Waals surface area (Å²) < 4.78 is 0. The van der Waals surface area contributed by atoms with E-state index in [2.05, 4.69) is 16.8 Å². The first-order chi connectivity index (χ1) is 9.22. The lowest BCUT2D eigenvalue weighted by molar-refractivity contribution is 0.00672. The zero-order chi connectivity index (χ0) is 13.3. The van der Waals surface area contributed by atoms with Crippen molar-refractivity contribution in [2.24, 2.45) is 11.3 Å². The molecule has 19 heavy (non-hydrogen) atoms. The van der Waals surface area contributed by atoms with E-state index in [9.17, 15) is 5.11 Å². The summed E-state index contributed by atoms with van der Waals surface area (Å²) in [7, 11) is 2.30. The third-order valence-corrected chi connectivity index (χ3v) is 5.99. The minimum absolute atomic E-state index is 0.243. The van der Waals surface area contributed by atoms with Crippen LogP contribution in [0.3, 0.4) is 0 Å². The predicted octanol–water partition coefficient (Wildman–Crippen LogP) is 1.96. The molecular formula is C16H30N2O. The van der Waals surface area contributed by atoms with Gasteiger partial charge in [-0.1, -0.05) is 12.8 Å². The van der Waals surface area contributed by atoms with Gasteiger partial charge in [-0.15, -0.1) is 0 Å². The lowest BCUT2D eigenvalue weighted by Gasteiger charge is -2.47. The third kappa shape index (κ3) is 2.84. The maximum atomic E-state index is 9.79. The first-order valence-electron chi connectivity index (χ1n) is 8.26. The number of hydrogen-bond donors (Lipinski definition) is 1. The van der Waals surface area contributed by atoms with Crippen LogP contribution in [-0.4, -0.2) is 60.8 Å². The van der Waals surface area contributed by atoms with Gasteiger partial charge in [0.1, 0.15) is 0 Å². The average Bonchev–Trinajstić information content (AvgIpc) is 2.88. The molecule has 0 aromatic rings. The van der Waals surface area contributed by atoms with Gasteiger partial charge in [0.2, 0.25) is 0 Å². The molecule has 2 unspecified atom stereocenters. The molecule has 110 valence electrons. The second kappa shape index (κ2) is 5.71. The Morgan fingerprint density at radius 3 is 2.63 bits per heavy atom. The number of rotatable bonds is 3. The van der Waals surface area contributed by atoms with Crippen LogP contribution >= 0.6 is 0 Å². The summed E-state index contributed by atoms with van der Waals surface area (Å²) in [6, 6.07) is 0.832. The number of hydrogen-bond acceptors (Lipinski definition) is 3. The van der Waals surface area contributed by atoms with Gasteiger partial charge in [-0.25, -0.2) is 0 Å². The largest absolute Gasteiger partial charge is 0.396 e. The fourth-order valence-electron chi connectivity index (χ4n) is 4.84. The molecule has 3 aliphatic rings. The summed E-state index contributed by atoms with van der Waals surface area (Å²) in [5.41, 5.74) is 0.243. The van der Waals surface area contributed by atoms with Crippen LogP contribution in [0.25, 0.3) is 0 Å². The van der Waals surface area contributed by atoms with Gasteiger partial charge >= 0.3 is 0 Å². The van der Waals surface area contributed by atoms with Crippen LogP contribution in [0.4, 0.5) is 0 Å². The van der Waals surface area contributed by atoms with Gasteiger partial charge in [0.25, 0.3) is 0 Å². The van der Waals surface area contributed by atoms with E-state index in [0.29, 0.717) is 6.61 Å². The highest BCUT2D eigenvalue weighted by Gasteiger charge is 2.39. The Bertz CT molecular complexity index is 301. The van der Waals surface area contributed by atoms with E-state index in [1.807, 2.05) is 0 Å². The van der Waals surface area contributed by atoms with Crippen molar-refractivity contribution in [3.8, 4) is 0 Å². The highest BCUT2D eigenvalue weighted by molar-refractivity contribution is 4.93. The molecule has 1 N–H and O–H groups in total. The minimum atomic E-state index is 0.243. The van der Waals surface area contributed by atoms with Crippen LogP contribution < -0.4 is 0 Å². The first kappa shape index (κ1) is 13.8. The number of aliphatic hydroxyl groups is 1. The van der Waals surface area contributed by atoms with Crippen LogP contribution in [0.1, 0.15) is 44.9 Å². The molecule has 3 rings (SSSR count). The molecule has 3 heteroatoms. The summed E-state index contributed by atoms with van der Waals surface area (Å²) in [5.74, 6) is 0.879. The van der Waals surface area contributed by atoms with Crippen molar-refractivity contribution in [1.29, 1.82) is 0 Å². The topological polar surface area (TPSA) is 26.7 Å². The van der Waals surface area contributed by atoms with E-state index in [-0.39, 0.29) is 5.41 Å². The van der Waals surface area contributed by atoms with E-state index in [0.717, 1.165) is 18.5 Å². The average molecular weight is 266 g/mol. The Kier molecular flexibility index (Phi) is 4.16. The third-order valence-electron chi connectivity index (χ3n) is 5.99. The fourth-order valence-corrected chi connectivity index (χ4v) is 4.84. The van der Waals surface area contributed by atoms with Gasteiger partial charge in [-0.2, -0.15) is 0 Å². The zero-order valence-corrected chi connectivity index (χ0v) is 12.5. The standard InChI is InChI=1S/C16H30N2O/c1-17-9-4-5-14-11-18(10-6-15(14)17)12-16(13-19)7-2-3-8-16/h14-15,19H,2-13H2,1H3. The van der Waals surface area contributed by atoms with Crippen molar-refractivity contribution in [3.63, 3.8) is 0 Å². The molecule has 0 amide bonds. The van der Waals surface area contributed by atoms with Gasteiger partial charge < -0.3 is 14.9 Å². The summed E-state index contributed by atoms with van der Waals surface area (Å²) in [5, 5.41) is 9.79. The van der Waals surface area contributed by atoms with E-state index < -0.39 is 0 Å². The fraction of sp³-hybridized carbons (Fsp3) is 1.00. The Balaban J connectivity index is 1.58. The lowest BCUT2D eigenvalue weighted by Crippen LogP contribution is -2.54. The minimum Gasteiger partial charge on any atom is -0.396 e. The van der Waals surface area contributed by atoms with Gasteiger partial charge in [0.15, 0.2) is 0 Å². The summed E-state index contributed by atoms with van der Waals surface area (Å²) in [6.45, 7) is 5.36. The lowest BCUT2D eigenvalue weighted by atomic mass is 9.81.